The van der Waals surface area contributed by atoms with Gasteiger partial charge >= 0.3 is 0 Å². The minimum absolute atomic E-state index is 0.621. The van der Waals surface area contributed by atoms with Crippen LogP contribution in [0.25, 0.3) is 44.2 Å². The second kappa shape index (κ2) is 11.3. The van der Waals surface area contributed by atoms with Gasteiger partial charge in [0.15, 0.2) is 0 Å². The van der Waals surface area contributed by atoms with Crippen LogP contribution in [0.1, 0.15) is 89.7 Å². The standard InChI is InChI=1S/C54H34O/c1-3-17-38(18-4-1)53(39-19-5-2-6-20-39)46-26-11-12-28-50(46)55-51-32-30-37(34-49(51)53)36-29-31-42-40-21-7-9-24-44(40)54(48(42)33-36)45-25-10-8-22-41(45)43-23-13-15-35-16-14-27-47(54)52(35)43/h1-34H/i1D,2D,3D,4D,5D,6D,7D,8D,9D,10D,11D,12D,13D,14D,15D,16D,17D,18D,19D,21D,22D,23D,24D,25D,26D,27D,28D,29D,30D,31D,32D,33D,34D. The topological polar surface area (TPSA) is 9.23 Å². The fraction of sp³-hybridized carbons (Fsp3) is 0.0370. The zero-order chi connectivity index (χ0) is 64.9. The van der Waals surface area contributed by atoms with E-state index in [1.165, 1.54) is 0 Å². The molecular formula is C54H34O. The molecule has 1 nitrogen and oxygen atoms in total. The molecule has 2 unspecified atom stereocenters. The van der Waals surface area contributed by atoms with Gasteiger partial charge in [0.25, 0.3) is 0 Å². The molecule has 1 heteroatoms. The number of hydrogen-bond donors (Lipinski definition) is 0. The number of hydrogen-bond acceptors (Lipinski definition) is 1. The summed E-state index contributed by atoms with van der Waals surface area (Å²) >= 11 is 0. The van der Waals surface area contributed by atoms with E-state index in [1.807, 2.05) is 0 Å². The van der Waals surface area contributed by atoms with E-state index in [-0.39, 0.29) is 0 Å². The highest BCUT2D eigenvalue weighted by Crippen LogP contribution is 2.62. The Kier molecular flexibility index (Phi) is 2.57. The average molecular weight is 732 g/mol. The molecule has 2 aliphatic carbocycles. The van der Waals surface area contributed by atoms with E-state index in [4.69, 9.17) is 22.6 Å². The van der Waals surface area contributed by atoms with E-state index in [0.717, 1.165) is 0 Å². The Balaban J connectivity index is 1.39. The lowest BCUT2D eigenvalue weighted by Gasteiger charge is -2.41. The SMILES string of the molecule is [2H]c1cc(C2(c3c([2H])c([2H])c([2H])c([2H])c3[2H])c3c([2H])c([2H])c([2H])c([2H])c3Oc3c([2H])c([2H])c(-c4c([2H])c([2H])c5c(c4[2H])C4(c6c([2H])c([2H])c([2H])c([2H])c6-5)c5c([2H])c([2H])c([2H])c([2H])c5-c5c([2H])c([2H])c([2H])c6c([2H])c([2H])c([2H])c4c56)c([2H])c32)c([2H])c([2H])c1[2H]. The zero-order valence-corrected chi connectivity index (χ0v) is 27.5. The fourth-order valence-corrected chi connectivity index (χ4v) is 8.05. The first-order chi connectivity index (χ1) is 41.0. The molecule has 1 spiro atoms. The maximum atomic E-state index is 10.7. The third-order valence-electron chi connectivity index (χ3n) is 10.2. The van der Waals surface area contributed by atoms with Gasteiger partial charge < -0.3 is 4.74 Å². The molecule has 0 amide bonds. The molecule has 3 aliphatic rings. The van der Waals surface area contributed by atoms with E-state index < -0.39 is 310 Å². The lowest BCUT2D eigenvalue weighted by molar-refractivity contribution is 0.434. The van der Waals surface area contributed by atoms with Gasteiger partial charge in [-0.3, -0.25) is 0 Å². The molecular weight excluding hydrogens is 665 g/mol. The van der Waals surface area contributed by atoms with Crippen LogP contribution in [0.2, 0.25) is 0 Å². The van der Waals surface area contributed by atoms with Crippen molar-refractivity contribution >= 4 is 10.8 Å². The Labute approximate surface area is 367 Å². The molecule has 0 N–H and O–H groups in total. The van der Waals surface area contributed by atoms with Crippen molar-refractivity contribution in [3.63, 3.8) is 0 Å². The molecule has 0 bridgehead atoms. The van der Waals surface area contributed by atoms with Crippen LogP contribution in [0.4, 0.5) is 0 Å². The van der Waals surface area contributed by atoms with E-state index in [0.29, 0.717) is 6.07 Å². The Morgan fingerprint density at radius 3 is 1.69 bits per heavy atom. The third-order valence-corrected chi connectivity index (χ3v) is 10.2. The summed E-state index contributed by atoms with van der Waals surface area (Å²) in [5.74, 6) is -2.09. The number of fused-ring (bicyclic) bond motifs is 11. The number of benzene rings is 9. The van der Waals surface area contributed by atoms with Crippen molar-refractivity contribution < 1.29 is 50.0 Å². The lowest BCUT2D eigenvalue weighted by atomic mass is 9.61. The molecule has 9 aromatic carbocycles. The second-order valence-corrected chi connectivity index (χ2v) is 12.6. The highest BCUT2D eigenvalue weighted by atomic mass is 16.5. The van der Waals surface area contributed by atoms with Crippen LogP contribution in [0.3, 0.4) is 0 Å². The van der Waals surface area contributed by atoms with Crippen molar-refractivity contribution in [2.45, 2.75) is 10.8 Å². The van der Waals surface area contributed by atoms with Gasteiger partial charge in [-0.2, -0.15) is 0 Å². The molecule has 9 aromatic rings. The summed E-state index contributed by atoms with van der Waals surface area (Å²) in [6, 6.07) is -35.4. The van der Waals surface area contributed by atoms with Crippen LogP contribution in [-0.4, -0.2) is 0 Å². The van der Waals surface area contributed by atoms with Crippen LogP contribution in [-0.2, 0) is 10.8 Å². The molecule has 1 aliphatic heterocycles. The first-order valence-electron chi connectivity index (χ1n) is 33.0. The monoisotopic (exact) mass is 731 g/mol. The van der Waals surface area contributed by atoms with Gasteiger partial charge in [-0.25, -0.2) is 0 Å². The van der Waals surface area contributed by atoms with Crippen molar-refractivity contribution in [3.05, 3.63) is 250 Å². The largest absolute Gasteiger partial charge is 0.457 e. The molecule has 256 valence electrons. The van der Waals surface area contributed by atoms with Crippen LogP contribution in [0.15, 0.2) is 205 Å². The molecule has 0 saturated heterocycles. The Bertz CT molecular complexity index is 4870. The van der Waals surface area contributed by atoms with Crippen molar-refractivity contribution in [2.75, 3.05) is 0 Å². The van der Waals surface area contributed by atoms with Crippen molar-refractivity contribution in [3.8, 4) is 44.9 Å². The van der Waals surface area contributed by atoms with Gasteiger partial charge in [0.05, 0.1) is 56.1 Å². The quantitative estimate of drug-likeness (QED) is 0.176. The van der Waals surface area contributed by atoms with E-state index in [9.17, 15) is 27.4 Å². The highest BCUT2D eigenvalue weighted by molar-refractivity contribution is 6.07. The molecule has 0 aromatic heterocycles. The fourth-order valence-electron chi connectivity index (χ4n) is 8.05. The normalized spacial score (nSPS) is 26.5. The molecule has 1 heterocycles. The van der Waals surface area contributed by atoms with Crippen LogP contribution < -0.4 is 4.74 Å². The maximum absolute atomic E-state index is 10.7. The summed E-state index contributed by atoms with van der Waals surface area (Å²) in [6.07, 6.45) is 0. The number of rotatable bonds is 3. The summed E-state index contributed by atoms with van der Waals surface area (Å²) in [4.78, 5) is 0. The van der Waals surface area contributed by atoms with E-state index in [2.05, 4.69) is 0 Å². The van der Waals surface area contributed by atoms with E-state index in [1.54, 1.807) is 0 Å². The van der Waals surface area contributed by atoms with Crippen LogP contribution >= 0.6 is 0 Å². The van der Waals surface area contributed by atoms with Crippen molar-refractivity contribution in [2.24, 2.45) is 0 Å². The molecule has 0 radical (unpaired) electrons. The maximum Gasteiger partial charge on any atom is 0.132 e. The lowest BCUT2D eigenvalue weighted by Crippen LogP contribution is -2.34. The summed E-state index contributed by atoms with van der Waals surface area (Å²) in [7, 11) is 0. The third kappa shape index (κ3) is 3.92. The smallest absolute Gasteiger partial charge is 0.132 e. The minimum atomic E-state index is -3.35. The number of ether oxygens (including phenoxy) is 1. The van der Waals surface area contributed by atoms with E-state index >= 15 is 0 Å². The highest BCUT2D eigenvalue weighted by Gasteiger charge is 2.50. The van der Waals surface area contributed by atoms with Gasteiger partial charge in [0.2, 0.25) is 0 Å². The zero-order valence-electron chi connectivity index (χ0n) is 60.5. The predicted octanol–water partition coefficient (Wildman–Crippen LogP) is 13.3. The second-order valence-electron chi connectivity index (χ2n) is 12.6. The van der Waals surface area contributed by atoms with Crippen molar-refractivity contribution in [1.82, 2.24) is 0 Å². The minimum Gasteiger partial charge on any atom is -0.457 e. The Morgan fingerprint density at radius 2 is 0.891 bits per heavy atom. The van der Waals surface area contributed by atoms with Gasteiger partial charge in [-0.15, -0.1) is 0 Å². The Hall–Kier alpha value is -6.96. The molecule has 0 saturated carbocycles. The summed E-state index contributed by atoms with van der Waals surface area (Å²) in [5.41, 5.74) is -19.1. The first kappa shape index (κ1) is 12.5. The van der Waals surface area contributed by atoms with Gasteiger partial charge in [-0.1, -0.05) is 181 Å². The first-order valence-corrected chi connectivity index (χ1v) is 16.5. The van der Waals surface area contributed by atoms with Gasteiger partial charge in [0.1, 0.15) is 11.5 Å². The summed E-state index contributed by atoms with van der Waals surface area (Å²) in [5, 5.41) is -1.31. The molecule has 12 rings (SSSR count). The summed E-state index contributed by atoms with van der Waals surface area (Å²) < 4.78 is 316. The van der Waals surface area contributed by atoms with Gasteiger partial charge in [-0.05, 0) is 102 Å². The summed E-state index contributed by atoms with van der Waals surface area (Å²) in [6.45, 7) is 0. The molecule has 0 fully saturated rings. The Morgan fingerprint density at radius 1 is 0.345 bits per heavy atom. The number of para-hydroxylation sites is 1. The van der Waals surface area contributed by atoms with Crippen LogP contribution in [0.5, 0.6) is 11.5 Å². The van der Waals surface area contributed by atoms with Crippen LogP contribution in [0, 0.1) is 0 Å². The molecule has 55 heavy (non-hydrogen) atoms. The average Bonchev–Trinajstić information content (AvgIpc) is 1.31. The van der Waals surface area contributed by atoms with Gasteiger partial charge in [0, 0.05) is 11.1 Å². The molecule has 2 atom stereocenters. The predicted molar refractivity (Wildman–Crippen MR) is 224 cm³/mol. The van der Waals surface area contributed by atoms with Crippen molar-refractivity contribution in [1.29, 1.82) is 0 Å².